The number of nitrogens with zero attached hydrogens (tertiary/aromatic N) is 2. The van der Waals surface area contributed by atoms with E-state index in [1.165, 1.54) is 0 Å². The molecule has 2 atom stereocenters. The van der Waals surface area contributed by atoms with Crippen LogP contribution in [0, 0.1) is 0 Å². The molecule has 2 unspecified atom stereocenters. The van der Waals surface area contributed by atoms with Gasteiger partial charge in [0.2, 0.25) is 0 Å². The Hall–Kier alpha value is -0.160. The molecule has 0 aliphatic heterocycles. The quantitative estimate of drug-likeness (QED) is 0.528. The molecule has 0 spiro atoms. The molecule has 0 aromatic rings. The van der Waals surface area contributed by atoms with Gasteiger partial charge in [0, 0.05) is 12.1 Å². The zero-order chi connectivity index (χ0) is 14.0. The minimum atomic E-state index is 0.509. The van der Waals surface area contributed by atoms with Crippen LogP contribution in [0.3, 0.4) is 0 Å². The third-order valence-corrected chi connectivity index (χ3v) is 3.40. The first kappa shape index (κ1) is 17.8. The van der Waals surface area contributed by atoms with Crippen molar-refractivity contribution in [2.24, 2.45) is 0 Å². The van der Waals surface area contributed by atoms with Gasteiger partial charge >= 0.3 is 0 Å². The highest BCUT2D eigenvalue weighted by molar-refractivity contribution is 4.63. The van der Waals surface area contributed by atoms with Crippen LogP contribution >= 0.6 is 0 Å². The summed E-state index contributed by atoms with van der Waals surface area (Å²) in [6.07, 6.45) is 2.23. The molecule has 0 saturated carbocycles. The summed E-state index contributed by atoms with van der Waals surface area (Å²) in [6.45, 7) is 7.33. The summed E-state index contributed by atoms with van der Waals surface area (Å²) >= 11 is 0. The van der Waals surface area contributed by atoms with E-state index in [1.807, 2.05) is 0 Å². The monoisotopic (exact) mass is 260 g/mol. The fourth-order valence-electron chi connectivity index (χ4n) is 1.82. The highest BCUT2D eigenvalue weighted by Gasteiger charge is 2.09. The first-order valence-electron chi connectivity index (χ1n) is 7.01. The van der Waals surface area contributed by atoms with Crippen molar-refractivity contribution < 1.29 is 9.47 Å². The third kappa shape index (κ3) is 8.03. The van der Waals surface area contributed by atoms with Crippen LogP contribution < -0.4 is 0 Å². The Morgan fingerprint density at radius 3 is 1.28 bits per heavy atom. The van der Waals surface area contributed by atoms with Crippen LogP contribution in [-0.4, -0.2) is 76.5 Å². The molecule has 4 nitrogen and oxygen atoms in total. The van der Waals surface area contributed by atoms with E-state index >= 15 is 0 Å². The van der Waals surface area contributed by atoms with Gasteiger partial charge in [0.05, 0.1) is 26.4 Å². The van der Waals surface area contributed by atoms with Gasteiger partial charge < -0.3 is 19.3 Å². The van der Waals surface area contributed by atoms with Crippen molar-refractivity contribution in [2.75, 3.05) is 54.6 Å². The molecule has 0 heterocycles. The van der Waals surface area contributed by atoms with E-state index in [2.05, 4.69) is 51.8 Å². The molecule has 0 N–H and O–H groups in total. The van der Waals surface area contributed by atoms with Crippen LogP contribution in [0.5, 0.6) is 0 Å². The van der Waals surface area contributed by atoms with Crippen molar-refractivity contribution in [1.29, 1.82) is 0 Å². The van der Waals surface area contributed by atoms with E-state index in [0.29, 0.717) is 25.3 Å². The average molecular weight is 260 g/mol. The fourth-order valence-corrected chi connectivity index (χ4v) is 1.82. The first-order chi connectivity index (χ1) is 8.52. The Morgan fingerprint density at radius 2 is 1.06 bits per heavy atom. The second kappa shape index (κ2) is 10.7. The van der Waals surface area contributed by atoms with Gasteiger partial charge in [0.1, 0.15) is 0 Å². The summed E-state index contributed by atoms with van der Waals surface area (Å²) in [5.41, 5.74) is 0. The molecule has 0 saturated heterocycles. The SMILES string of the molecule is CCC(COCCOCC(CC)N(C)C)N(C)C. The molecule has 0 radical (unpaired) electrons. The molecule has 110 valence electrons. The molecular weight excluding hydrogens is 228 g/mol. The lowest BCUT2D eigenvalue weighted by molar-refractivity contribution is 0.0106. The Bertz CT molecular complexity index is 167. The van der Waals surface area contributed by atoms with Crippen molar-refractivity contribution in [3.05, 3.63) is 0 Å². The lowest BCUT2D eigenvalue weighted by atomic mass is 10.2. The molecule has 4 heteroatoms. The van der Waals surface area contributed by atoms with Gasteiger partial charge in [-0.15, -0.1) is 0 Å². The maximum atomic E-state index is 5.64. The first-order valence-corrected chi connectivity index (χ1v) is 7.01. The number of ether oxygens (including phenoxy) is 2. The van der Waals surface area contributed by atoms with Crippen molar-refractivity contribution in [1.82, 2.24) is 9.80 Å². The number of hydrogen-bond acceptors (Lipinski definition) is 4. The summed E-state index contributed by atoms with van der Waals surface area (Å²) < 4.78 is 11.3. The lowest BCUT2D eigenvalue weighted by Crippen LogP contribution is -2.33. The van der Waals surface area contributed by atoms with Crippen LogP contribution in [0.15, 0.2) is 0 Å². The Kier molecular flexibility index (Phi) is 10.6. The highest BCUT2D eigenvalue weighted by Crippen LogP contribution is 2.01. The van der Waals surface area contributed by atoms with Crippen molar-refractivity contribution in [3.8, 4) is 0 Å². The van der Waals surface area contributed by atoms with Crippen LogP contribution in [0.4, 0.5) is 0 Å². The van der Waals surface area contributed by atoms with E-state index in [1.54, 1.807) is 0 Å². The summed E-state index contributed by atoms with van der Waals surface area (Å²) in [5, 5.41) is 0. The van der Waals surface area contributed by atoms with Gasteiger partial charge in [-0.1, -0.05) is 13.8 Å². The Labute approximate surface area is 113 Å². The molecule has 0 amide bonds. The fraction of sp³-hybridized carbons (Fsp3) is 1.00. The molecule has 0 aliphatic rings. The lowest BCUT2D eigenvalue weighted by Gasteiger charge is -2.23. The van der Waals surface area contributed by atoms with E-state index in [0.717, 1.165) is 26.1 Å². The van der Waals surface area contributed by atoms with E-state index in [-0.39, 0.29) is 0 Å². The van der Waals surface area contributed by atoms with Crippen LogP contribution in [0.1, 0.15) is 26.7 Å². The average Bonchev–Trinajstić information content (AvgIpc) is 2.32. The molecule has 18 heavy (non-hydrogen) atoms. The largest absolute Gasteiger partial charge is 0.377 e. The maximum absolute atomic E-state index is 5.64. The predicted octanol–water partition coefficient (Wildman–Crippen LogP) is 1.70. The van der Waals surface area contributed by atoms with Crippen LogP contribution in [0.2, 0.25) is 0 Å². The zero-order valence-electron chi connectivity index (χ0n) is 13.1. The summed E-state index contributed by atoms with van der Waals surface area (Å²) in [6, 6.07) is 1.02. The minimum Gasteiger partial charge on any atom is -0.377 e. The smallest absolute Gasteiger partial charge is 0.0701 e. The normalized spacial score (nSPS) is 15.3. The van der Waals surface area contributed by atoms with E-state index in [9.17, 15) is 0 Å². The molecular formula is C14H32N2O2. The molecule has 0 aromatic heterocycles. The van der Waals surface area contributed by atoms with E-state index < -0.39 is 0 Å². The van der Waals surface area contributed by atoms with Crippen molar-refractivity contribution in [2.45, 2.75) is 38.8 Å². The standard InChI is InChI=1S/C14H32N2O2/c1-7-13(15(3)4)11-17-9-10-18-12-14(8-2)16(5)6/h13-14H,7-12H2,1-6H3. The topological polar surface area (TPSA) is 24.9 Å². The van der Waals surface area contributed by atoms with Gasteiger partial charge in [-0.3, -0.25) is 0 Å². The number of rotatable bonds is 11. The molecule has 0 aliphatic carbocycles. The molecule has 0 rings (SSSR count). The van der Waals surface area contributed by atoms with Crippen LogP contribution in [-0.2, 0) is 9.47 Å². The van der Waals surface area contributed by atoms with Gasteiger partial charge in [-0.25, -0.2) is 0 Å². The minimum absolute atomic E-state index is 0.509. The summed E-state index contributed by atoms with van der Waals surface area (Å²) in [4.78, 5) is 4.42. The summed E-state index contributed by atoms with van der Waals surface area (Å²) in [5.74, 6) is 0. The van der Waals surface area contributed by atoms with Gasteiger partial charge in [0.15, 0.2) is 0 Å². The van der Waals surface area contributed by atoms with E-state index in [4.69, 9.17) is 9.47 Å². The van der Waals surface area contributed by atoms with Gasteiger partial charge in [-0.2, -0.15) is 0 Å². The zero-order valence-corrected chi connectivity index (χ0v) is 13.1. The van der Waals surface area contributed by atoms with Crippen molar-refractivity contribution in [3.63, 3.8) is 0 Å². The molecule has 0 fully saturated rings. The van der Waals surface area contributed by atoms with Gasteiger partial charge in [-0.05, 0) is 41.0 Å². The molecule has 0 bridgehead atoms. The second-order valence-corrected chi connectivity index (χ2v) is 5.20. The maximum Gasteiger partial charge on any atom is 0.0701 e. The van der Waals surface area contributed by atoms with Crippen LogP contribution in [0.25, 0.3) is 0 Å². The Balaban J connectivity index is 3.51. The summed E-state index contributed by atoms with van der Waals surface area (Å²) in [7, 11) is 8.38. The van der Waals surface area contributed by atoms with Crippen molar-refractivity contribution >= 4 is 0 Å². The Morgan fingerprint density at radius 1 is 0.722 bits per heavy atom. The highest BCUT2D eigenvalue weighted by atomic mass is 16.5. The third-order valence-electron chi connectivity index (χ3n) is 3.40. The molecule has 0 aromatic carbocycles. The number of likely N-dealkylation sites (N-methyl/N-ethyl adjacent to an activating group) is 2. The predicted molar refractivity (Wildman–Crippen MR) is 77.2 cm³/mol. The number of hydrogen-bond donors (Lipinski definition) is 0. The second-order valence-electron chi connectivity index (χ2n) is 5.20. The van der Waals surface area contributed by atoms with Gasteiger partial charge in [0.25, 0.3) is 0 Å².